The molecule has 2 atom stereocenters. The van der Waals surface area contributed by atoms with Crippen LogP contribution < -0.4 is 15.5 Å². The van der Waals surface area contributed by atoms with Crippen molar-refractivity contribution < 1.29 is 34.1 Å². The molecule has 0 unspecified atom stereocenters. The fraction of sp³-hybridized carbons (Fsp3) is 0.333. The van der Waals surface area contributed by atoms with E-state index in [-0.39, 0.29) is 13.2 Å². The number of hydrogen-bond acceptors (Lipinski definition) is 7. The Kier molecular flexibility index (Phi) is 11.5. The number of hydroxylamine groups is 1. The smallest absolute Gasteiger partial charge is 0.412 e. The monoisotopic (exact) mass is 458 g/mol. The second-order valence-electron chi connectivity index (χ2n) is 6.91. The van der Waals surface area contributed by atoms with Gasteiger partial charge in [0.15, 0.2) is 6.10 Å². The van der Waals surface area contributed by atoms with Crippen LogP contribution in [0.1, 0.15) is 31.4 Å². The van der Waals surface area contributed by atoms with Crippen LogP contribution >= 0.6 is 0 Å². The van der Waals surface area contributed by atoms with Crippen LogP contribution in [-0.2, 0) is 14.3 Å². The second-order valence-corrected chi connectivity index (χ2v) is 6.91. The minimum atomic E-state index is -0.736. The first-order valence-corrected chi connectivity index (χ1v) is 10.7. The highest BCUT2D eigenvalue weighted by Gasteiger charge is 2.27. The predicted octanol–water partition coefficient (Wildman–Crippen LogP) is 3.59. The van der Waals surface area contributed by atoms with Gasteiger partial charge in [-0.3, -0.25) is 15.3 Å². The number of hydrogen-bond donors (Lipinski definition) is 4. The molecule has 0 bridgehead atoms. The number of nitrogens with one attached hydrogen (secondary N) is 2. The first-order chi connectivity index (χ1) is 16.1. The summed E-state index contributed by atoms with van der Waals surface area (Å²) in [7, 11) is 0. The van der Waals surface area contributed by atoms with Gasteiger partial charge in [0, 0.05) is 18.4 Å². The number of carbonyl (C=O) groups excluding carboxylic acids is 2. The summed E-state index contributed by atoms with van der Waals surface area (Å²) in [5.74, 6) is -0.0531. The van der Waals surface area contributed by atoms with Gasteiger partial charge in [-0.25, -0.2) is 10.3 Å². The van der Waals surface area contributed by atoms with E-state index < -0.39 is 24.2 Å². The van der Waals surface area contributed by atoms with E-state index >= 15 is 0 Å². The Morgan fingerprint density at radius 1 is 1.09 bits per heavy atom. The molecular formula is C24H30N2O7. The molecule has 9 heteroatoms. The molecule has 0 aliphatic heterocycles. The number of allylic oxidation sites excluding steroid dienone is 1. The fourth-order valence-electron chi connectivity index (χ4n) is 3.08. The van der Waals surface area contributed by atoms with Crippen LogP contribution in [0.15, 0.2) is 66.7 Å². The van der Waals surface area contributed by atoms with Gasteiger partial charge in [0.2, 0.25) is 0 Å². The van der Waals surface area contributed by atoms with Crippen LogP contribution in [0.2, 0.25) is 0 Å². The van der Waals surface area contributed by atoms with Crippen molar-refractivity contribution in [2.45, 2.75) is 32.0 Å². The maximum Gasteiger partial charge on any atom is 0.412 e. The molecule has 0 saturated carbocycles. The summed E-state index contributed by atoms with van der Waals surface area (Å²) in [6, 6.07) is 15.9. The maximum atomic E-state index is 12.6. The summed E-state index contributed by atoms with van der Waals surface area (Å²) in [6.45, 7) is 2.31. The zero-order valence-corrected chi connectivity index (χ0v) is 18.5. The van der Waals surface area contributed by atoms with Gasteiger partial charge in [0.1, 0.15) is 12.4 Å². The molecule has 0 spiro atoms. The summed E-state index contributed by atoms with van der Waals surface area (Å²) in [5, 5.41) is 20.2. The Morgan fingerprint density at radius 2 is 1.82 bits per heavy atom. The molecule has 178 valence electrons. The SMILES string of the molecule is CCO[C@H](CC/C=C/C(=O)NO)[C@H](OC(=O)Nc1ccccc1)c1ccc(OCCO)cc1. The van der Waals surface area contributed by atoms with Gasteiger partial charge in [0.25, 0.3) is 5.91 Å². The lowest BCUT2D eigenvalue weighted by molar-refractivity contribution is -0.124. The van der Waals surface area contributed by atoms with Gasteiger partial charge in [-0.1, -0.05) is 36.4 Å². The molecule has 0 aliphatic rings. The average molecular weight is 459 g/mol. The van der Waals surface area contributed by atoms with Crippen LogP contribution in [0.5, 0.6) is 5.75 Å². The Morgan fingerprint density at radius 3 is 2.45 bits per heavy atom. The molecule has 4 N–H and O–H groups in total. The zero-order chi connectivity index (χ0) is 23.9. The van der Waals surface area contributed by atoms with Crippen LogP contribution in [0.25, 0.3) is 0 Å². The van der Waals surface area contributed by atoms with E-state index in [9.17, 15) is 9.59 Å². The predicted molar refractivity (Wildman–Crippen MR) is 122 cm³/mol. The fourth-order valence-corrected chi connectivity index (χ4v) is 3.08. The largest absolute Gasteiger partial charge is 0.491 e. The first-order valence-electron chi connectivity index (χ1n) is 10.7. The third-order valence-electron chi connectivity index (χ3n) is 4.54. The van der Waals surface area contributed by atoms with Crippen molar-refractivity contribution in [2.24, 2.45) is 0 Å². The summed E-state index contributed by atoms with van der Waals surface area (Å²) in [6.07, 6.45) is 1.86. The van der Waals surface area contributed by atoms with Gasteiger partial charge in [-0.2, -0.15) is 0 Å². The number of anilines is 1. The molecule has 0 fully saturated rings. The standard InChI is InChI=1S/C24H30N2O7/c1-2-31-21(10-6-7-11-22(28)26-30)23(18-12-14-20(15-13-18)32-17-16-27)33-24(29)25-19-8-4-3-5-9-19/h3-5,7-9,11-15,21,23,27,30H,2,6,10,16-17H2,1H3,(H,25,29)(H,26,28)/b11-7+/t21-,23-/m1/s1. The zero-order valence-electron chi connectivity index (χ0n) is 18.5. The van der Waals surface area contributed by atoms with E-state index in [1.165, 1.54) is 11.6 Å². The van der Waals surface area contributed by atoms with Crippen molar-refractivity contribution in [1.29, 1.82) is 0 Å². The minimum absolute atomic E-state index is 0.0959. The van der Waals surface area contributed by atoms with Crippen molar-refractivity contribution in [3.63, 3.8) is 0 Å². The molecule has 2 aromatic rings. The van der Waals surface area contributed by atoms with E-state index in [1.54, 1.807) is 54.6 Å². The lowest BCUT2D eigenvalue weighted by atomic mass is 10.00. The minimum Gasteiger partial charge on any atom is -0.491 e. The van der Waals surface area contributed by atoms with Gasteiger partial charge in [0.05, 0.1) is 12.7 Å². The van der Waals surface area contributed by atoms with E-state index in [0.29, 0.717) is 36.4 Å². The summed E-state index contributed by atoms with van der Waals surface area (Å²) in [5.41, 5.74) is 2.83. The Labute approximate surface area is 192 Å². The quantitative estimate of drug-likeness (QED) is 0.205. The molecule has 9 nitrogen and oxygen atoms in total. The normalized spacial score (nSPS) is 12.7. The number of para-hydroxylation sites is 1. The third kappa shape index (κ3) is 9.32. The summed E-state index contributed by atoms with van der Waals surface area (Å²) < 4.78 is 17.1. The van der Waals surface area contributed by atoms with E-state index in [0.717, 1.165) is 0 Å². The molecule has 2 aromatic carbocycles. The Hall–Kier alpha value is -3.40. The van der Waals surface area contributed by atoms with Crippen molar-refractivity contribution in [1.82, 2.24) is 5.48 Å². The van der Waals surface area contributed by atoms with Gasteiger partial charge < -0.3 is 19.3 Å². The number of aliphatic hydroxyl groups excluding tert-OH is 1. The van der Waals surface area contributed by atoms with Crippen LogP contribution in [0, 0.1) is 0 Å². The number of rotatable bonds is 13. The number of carbonyl (C=O) groups is 2. The molecule has 0 radical (unpaired) electrons. The molecule has 0 saturated heterocycles. The summed E-state index contributed by atoms with van der Waals surface area (Å²) >= 11 is 0. The number of ether oxygens (including phenoxy) is 3. The van der Waals surface area contributed by atoms with E-state index in [4.69, 9.17) is 24.5 Å². The van der Waals surface area contributed by atoms with Crippen LogP contribution in [-0.4, -0.2) is 48.2 Å². The topological polar surface area (TPSA) is 126 Å². The Balaban J connectivity index is 2.19. The summed E-state index contributed by atoms with van der Waals surface area (Å²) in [4.78, 5) is 23.8. The third-order valence-corrected chi connectivity index (χ3v) is 4.54. The lowest BCUT2D eigenvalue weighted by Crippen LogP contribution is -2.29. The molecule has 0 aromatic heterocycles. The van der Waals surface area contributed by atoms with E-state index in [2.05, 4.69) is 5.32 Å². The highest BCUT2D eigenvalue weighted by molar-refractivity contribution is 5.86. The first kappa shape index (κ1) is 25.9. The molecule has 0 heterocycles. The van der Waals surface area contributed by atoms with Crippen molar-refractivity contribution in [2.75, 3.05) is 25.1 Å². The number of benzene rings is 2. The second kappa shape index (κ2) is 14.6. The van der Waals surface area contributed by atoms with Crippen molar-refractivity contribution in [3.8, 4) is 5.75 Å². The van der Waals surface area contributed by atoms with Crippen LogP contribution in [0.3, 0.4) is 0 Å². The molecule has 2 amide bonds. The molecule has 33 heavy (non-hydrogen) atoms. The number of aliphatic hydroxyl groups is 1. The van der Waals surface area contributed by atoms with Crippen molar-refractivity contribution in [3.05, 3.63) is 72.3 Å². The molecule has 2 rings (SSSR count). The van der Waals surface area contributed by atoms with Crippen molar-refractivity contribution >= 4 is 17.7 Å². The molecular weight excluding hydrogens is 428 g/mol. The average Bonchev–Trinajstić information content (AvgIpc) is 2.84. The lowest BCUT2D eigenvalue weighted by Gasteiger charge is -2.27. The number of amides is 2. The van der Waals surface area contributed by atoms with E-state index in [1.807, 2.05) is 13.0 Å². The van der Waals surface area contributed by atoms with Crippen LogP contribution in [0.4, 0.5) is 10.5 Å². The highest BCUT2D eigenvalue weighted by atomic mass is 16.6. The van der Waals surface area contributed by atoms with Gasteiger partial charge >= 0.3 is 6.09 Å². The maximum absolute atomic E-state index is 12.6. The molecule has 0 aliphatic carbocycles. The van der Waals surface area contributed by atoms with Gasteiger partial charge in [-0.05, 0) is 49.6 Å². The van der Waals surface area contributed by atoms with Gasteiger partial charge in [-0.15, -0.1) is 0 Å². The highest BCUT2D eigenvalue weighted by Crippen LogP contribution is 2.29. The Bertz CT molecular complexity index is 872.